The maximum absolute atomic E-state index is 11.0. The van der Waals surface area contributed by atoms with Crippen molar-refractivity contribution in [2.75, 3.05) is 6.61 Å². The van der Waals surface area contributed by atoms with Crippen LogP contribution in [0.5, 0.6) is 0 Å². The van der Waals surface area contributed by atoms with E-state index in [-0.39, 0.29) is 11.0 Å². The van der Waals surface area contributed by atoms with E-state index in [1.54, 1.807) is 4.68 Å². The molecule has 1 aliphatic rings. The highest BCUT2D eigenvalue weighted by molar-refractivity contribution is 7.98. The summed E-state index contributed by atoms with van der Waals surface area (Å²) in [6.45, 7) is 1.49. The Morgan fingerprint density at radius 1 is 1.58 bits per heavy atom. The summed E-state index contributed by atoms with van der Waals surface area (Å²) in [4.78, 5) is 10.8. The van der Waals surface area contributed by atoms with Crippen LogP contribution in [0.1, 0.15) is 17.8 Å². The minimum Gasteiger partial charge on any atom is -0.376 e. The fourth-order valence-electron chi connectivity index (χ4n) is 1.84. The van der Waals surface area contributed by atoms with Crippen molar-refractivity contribution in [3.05, 3.63) is 14.7 Å². The van der Waals surface area contributed by atoms with Crippen LogP contribution in [0.4, 0.5) is 0 Å². The van der Waals surface area contributed by atoms with Gasteiger partial charge in [0.2, 0.25) is 5.16 Å². The van der Waals surface area contributed by atoms with Gasteiger partial charge in [0.05, 0.1) is 18.4 Å². The fourth-order valence-corrected chi connectivity index (χ4v) is 3.32. The zero-order chi connectivity index (χ0) is 13.1. The Kier molecular flexibility index (Phi) is 3.89. The molecule has 0 saturated carbocycles. The Morgan fingerprint density at radius 2 is 2.53 bits per heavy atom. The Balaban J connectivity index is 1.61. The van der Waals surface area contributed by atoms with Crippen LogP contribution >= 0.6 is 23.1 Å². The van der Waals surface area contributed by atoms with Crippen LogP contribution in [-0.2, 0) is 17.0 Å². The van der Waals surface area contributed by atoms with Gasteiger partial charge in [0.15, 0.2) is 0 Å². The maximum atomic E-state index is 11.0. The average molecular weight is 300 g/mol. The second kappa shape index (κ2) is 5.80. The third-order valence-electron chi connectivity index (χ3n) is 2.71. The molecule has 0 aromatic carbocycles. The minimum absolute atomic E-state index is 0.144. The molecule has 1 unspecified atom stereocenters. The van der Waals surface area contributed by atoms with Crippen LogP contribution in [-0.4, -0.2) is 43.1 Å². The molecular formula is C9H12N6O2S2. The van der Waals surface area contributed by atoms with Gasteiger partial charge < -0.3 is 4.74 Å². The second-order valence-electron chi connectivity index (χ2n) is 4.07. The van der Waals surface area contributed by atoms with Gasteiger partial charge in [-0.2, -0.15) is 5.10 Å². The Morgan fingerprint density at radius 3 is 3.26 bits per heavy atom. The minimum atomic E-state index is -0.144. The number of nitrogens with one attached hydrogen (secondary N) is 1. The Labute approximate surface area is 116 Å². The summed E-state index contributed by atoms with van der Waals surface area (Å²) >= 11 is 2.57. The number of aromatic amines is 1. The molecule has 3 heterocycles. The van der Waals surface area contributed by atoms with Crippen LogP contribution in [0.2, 0.25) is 0 Å². The van der Waals surface area contributed by atoms with Crippen LogP contribution in [0, 0.1) is 0 Å². The van der Waals surface area contributed by atoms with Crippen molar-refractivity contribution in [1.29, 1.82) is 0 Å². The molecule has 3 rings (SSSR count). The van der Waals surface area contributed by atoms with E-state index in [0.717, 1.165) is 40.9 Å². The number of hydrogen-bond donors (Lipinski definition) is 1. The summed E-state index contributed by atoms with van der Waals surface area (Å²) in [5, 5.41) is 19.4. The van der Waals surface area contributed by atoms with Gasteiger partial charge >= 0.3 is 4.87 Å². The molecule has 1 atom stereocenters. The molecule has 8 nitrogen and oxygen atoms in total. The van der Waals surface area contributed by atoms with E-state index in [0.29, 0.717) is 12.3 Å². The molecule has 2 aromatic rings. The van der Waals surface area contributed by atoms with Crippen LogP contribution < -0.4 is 4.87 Å². The first-order valence-electron chi connectivity index (χ1n) is 5.86. The first kappa shape index (κ1) is 12.8. The maximum Gasteiger partial charge on any atom is 0.322 e. The van der Waals surface area contributed by atoms with E-state index in [1.807, 2.05) is 0 Å². The van der Waals surface area contributed by atoms with Crippen molar-refractivity contribution in [3.8, 4) is 0 Å². The summed E-state index contributed by atoms with van der Waals surface area (Å²) in [6.07, 6.45) is 2.34. The number of hydrogen-bond acceptors (Lipinski definition) is 8. The van der Waals surface area contributed by atoms with Crippen molar-refractivity contribution in [3.63, 3.8) is 0 Å². The lowest BCUT2D eigenvalue weighted by Crippen LogP contribution is -2.16. The molecule has 1 fully saturated rings. The predicted molar refractivity (Wildman–Crippen MR) is 69.1 cm³/mol. The average Bonchev–Trinajstić information content (AvgIpc) is 3.10. The van der Waals surface area contributed by atoms with Gasteiger partial charge in [-0.05, 0) is 23.3 Å². The monoisotopic (exact) mass is 300 g/mol. The standard InChI is InChI=1S/C9H12N6O2S2/c16-9-12-10-7(19-9)5-18-8-11-13-14-15(8)4-6-2-1-3-17-6/h6H,1-5H2,(H,12,16). The third-order valence-corrected chi connectivity index (χ3v) is 4.61. The molecule has 0 aliphatic carbocycles. The van der Waals surface area contributed by atoms with Gasteiger partial charge in [0.25, 0.3) is 0 Å². The van der Waals surface area contributed by atoms with Crippen molar-refractivity contribution < 1.29 is 4.74 Å². The van der Waals surface area contributed by atoms with E-state index in [4.69, 9.17) is 4.74 Å². The Hall–Kier alpha value is -1.26. The summed E-state index contributed by atoms with van der Waals surface area (Å²) in [5.74, 6) is 0.579. The molecule has 1 aliphatic heterocycles. The zero-order valence-corrected chi connectivity index (χ0v) is 11.6. The third kappa shape index (κ3) is 3.19. The topological polar surface area (TPSA) is 98.6 Å². The van der Waals surface area contributed by atoms with Gasteiger partial charge in [-0.25, -0.2) is 9.78 Å². The van der Waals surface area contributed by atoms with E-state index in [9.17, 15) is 4.79 Å². The van der Waals surface area contributed by atoms with Crippen molar-refractivity contribution in [2.24, 2.45) is 0 Å². The Bertz CT molecular complexity index is 587. The summed E-state index contributed by atoms with van der Waals surface area (Å²) < 4.78 is 7.31. The van der Waals surface area contributed by atoms with Gasteiger partial charge in [-0.15, -0.1) is 5.10 Å². The van der Waals surface area contributed by atoms with Crippen molar-refractivity contribution in [2.45, 2.75) is 36.4 Å². The smallest absolute Gasteiger partial charge is 0.322 e. The molecule has 2 aromatic heterocycles. The first-order chi connectivity index (χ1) is 9.31. The van der Waals surface area contributed by atoms with Crippen molar-refractivity contribution in [1.82, 2.24) is 30.4 Å². The molecule has 0 bridgehead atoms. The van der Waals surface area contributed by atoms with Gasteiger partial charge in [-0.1, -0.05) is 23.1 Å². The number of aromatic nitrogens is 6. The fraction of sp³-hybridized carbons (Fsp3) is 0.667. The van der Waals surface area contributed by atoms with Gasteiger partial charge in [-0.3, -0.25) is 4.79 Å². The molecule has 0 spiro atoms. The predicted octanol–water partition coefficient (Wildman–Crippen LogP) is 0.289. The highest BCUT2D eigenvalue weighted by Crippen LogP contribution is 2.21. The number of thioether (sulfide) groups is 1. The highest BCUT2D eigenvalue weighted by Gasteiger charge is 2.19. The quantitative estimate of drug-likeness (QED) is 0.792. The molecule has 1 N–H and O–H groups in total. The molecule has 102 valence electrons. The number of H-pyrrole nitrogens is 1. The lowest BCUT2D eigenvalue weighted by Gasteiger charge is -2.09. The summed E-state index contributed by atoms with van der Waals surface area (Å²) in [5.41, 5.74) is 0. The van der Waals surface area contributed by atoms with Gasteiger partial charge in [0.1, 0.15) is 5.01 Å². The molecular weight excluding hydrogens is 288 g/mol. The first-order valence-corrected chi connectivity index (χ1v) is 7.66. The number of nitrogens with zero attached hydrogens (tertiary/aromatic N) is 5. The van der Waals surface area contributed by atoms with Crippen molar-refractivity contribution >= 4 is 23.1 Å². The number of rotatable bonds is 5. The zero-order valence-electron chi connectivity index (χ0n) is 9.98. The largest absolute Gasteiger partial charge is 0.376 e. The molecule has 1 saturated heterocycles. The summed E-state index contributed by atoms with van der Waals surface area (Å²) in [7, 11) is 0. The van der Waals surface area contributed by atoms with E-state index < -0.39 is 0 Å². The lowest BCUT2D eigenvalue weighted by atomic mass is 10.2. The summed E-state index contributed by atoms with van der Waals surface area (Å²) in [6, 6.07) is 0. The molecule has 0 radical (unpaired) electrons. The molecule has 19 heavy (non-hydrogen) atoms. The van der Waals surface area contributed by atoms with E-state index in [1.165, 1.54) is 11.8 Å². The normalized spacial score (nSPS) is 19.1. The number of ether oxygens (including phenoxy) is 1. The van der Waals surface area contributed by atoms with E-state index in [2.05, 4.69) is 25.7 Å². The molecule has 10 heteroatoms. The lowest BCUT2D eigenvalue weighted by molar-refractivity contribution is 0.0912. The van der Waals surface area contributed by atoms with E-state index >= 15 is 0 Å². The van der Waals surface area contributed by atoms with Crippen LogP contribution in [0.25, 0.3) is 0 Å². The molecule has 0 amide bonds. The highest BCUT2D eigenvalue weighted by atomic mass is 32.2. The second-order valence-corrected chi connectivity index (χ2v) is 6.06. The SMILES string of the molecule is O=c1[nH]nc(CSc2nnnn2CC2CCCO2)s1. The van der Waals surface area contributed by atoms with Gasteiger partial charge in [0, 0.05) is 6.61 Å². The number of tetrazole rings is 1. The van der Waals surface area contributed by atoms with Crippen LogP contribution in [0.3, 0.4) is 0 Å². The van der Waals surface area contributed by atoms with Crippen LogP contribution in [0.15, 0.2) is 9.95 Å².